The Kier molecular flexibility index (Phi) is 7.69. The van der Waals surface area contributed by atoms with Gasteiger partial charge in [-0.1, -0.05) is 0 Å². The van der Waals surface area contributed by atoms with Crippen molar-refractivity contribution < 1.29 is 19.7 Å². The van der Waals surface area contributed by atoms with Gasteiger partial charge in [-0.05, 0) is 39.7 Å². The molecule has 12 heteroatoms. The molecule has 0 spiro atoms. The highest BCUT2D eigenvalue weighted by molar-refractivity contribution is 7.21. The molecule has 36 heavy (non-hydrogen) atoms. The summed E-state index contributed by atoms with van der Waals surface area (Å²) < 4.78 is 6.36. The number of pyridine rings is 1. The molecular formula is C24H33N7O4S. The lowest BCUT2D eigenvalue weighted by molar-refractivity contribution is -0.139. The van der Waals surface area contributed by atoms with Crippen molar-refractivity contribution in [1.82, 2.24) is 24.8 Å². The summed E-state index contributed by atoms with van der Waals surface area (Å²) in [6.45, 7) is 7.28. The summed E-state index contributed by atoms with van der Waals surface area (Å²) in [6, 6.07) is 1.90. The van der Waals surface area contributed by atoms with Crippen LogP contribution in [-0.2, 0) is 9.53 Å². The Bertz CT molecular complexity index is 1250. The molecule has 3 atom stereocenters. The number of anilines is 2. The molecule has 0 radical (unpaired) electrons. The highest BCUT2D eigenvalue weighted by atomic mass is 32.1. The maximum absolute atomic E-state index is 12.6. The van der Waals surface area contributed by atoms with E-state index >= 15 is 0 Å². The predicted molar refractivity (Wildman–Crippen MR) is 139 cm³/mol. The molecule has 194 valence electrons. The van der Waals surface area contributed by atoms with Gasteiger partial charge in [0.2, 0.25) is 11.9 Å². The summed E-state index contributed by atoms with van der Waals surface area (Å²) in [7, 11) is 3.27. The molecule has 0 unspecified atom stereocenters. The van der Waals surface area contributed by atoms with Gasteiger partial charge in [-0.25, -0.2) is 9.97 Å². The van der Waals surface area contributed by atoms with Gasteiger partial charge in [0.1, 0.15) is 22.4 Å². The number of thiazole rings is 1. The largest absolute Gasteiger partial charge is 0.387 e. The van der Waals surface area contributed by atoms with Gasteiger partial charge in [-0.3, -0.25) is 9.78 Å². The van der Waals surface area contributed by atoms with E-state index in [-0.39, 0.29) is 12.3 Å². The third-order valence-corrected chi connectivity index (χ3v) is 7.37. The number of ether oxygens (including phenoxy) is 1. The lowest BCUT2D eigenvalue weighted by Gasteiger charge is -2.31. The number of amides is 1. The number of aliphatic hydroxyl groups is 2. The summed E-state index contributed by atoms with van der Waals surface area (Å²) in [5.74, 6) is -0.268. The van der Waals surface area contributed by atoms with E-state index in [1.54, 1.807) is 20.3 Å². The fourth-order valence-electron chi connectivity index (χ4n) is 4.41. The number of aryl methyl sites for hydroxylation is 2. The van der Waals surface area contributed by atoms with Crippen LogP contribution in [0.25, 0.3) is 20.8 Å². The number of hydrogen-bond acceptors (Lipinski definition) is 11. The molecule has 1 aliphatic rings. The van der Waals surface area contributed by atoms with Gasteiger partial charge in [0.15, 0.2) is 5.72 Å². The number of aliphatic hydroxyl groups excluding tert-OH is 1. The number of nitrogens with zero attached hydrogens (tertiary/aromatic N) is 5. The second-order valence-electron chi connectivity index (χ2n) is 9.11. The van der Waals surface area contributed by atoms with Crippen molar-refractivity contribution in [3.63, 3.8) is 0 Å². The number of carbonyl (C=O) groups excluding carboxylic acids is 1. The van der Waals surface area contributed by atoms with Gasteiger partial charge >= 0.3 is 0 Å². The number of hydrogen-bond donors (Lipinski definition) is 4. The highest BCUT2D eigenvalue weighted by Crippen LogP contribution is 2.41. The molecule has 11 nitrogen and oxygen atoms in total. The molecule has 1 amide bonds. The fourth-order valence-corrected chi connectivity index (χ4v) is 5.52. The minimum atomic E-state index is -1.75. The maximum atomic E-state index is 12.6. The lowest BCUT2D eigenvalue weighted by atomic mass is 10.0. The van der Waals surface area contributed by atoms with Crippen LogP contribution in [0.2, 0.25) is 0 Å². The van der Waals surface area contributed by atoms with E-state index in [4.69, 9.17) is 9.72 Å². The minimum Gasteiger partial charge on any atom is -0.387 e. The zero-order valence-corrected chi connectivity index (χ0v) is 22.0. The summed E-state index contributed by atoms with van der Waals surface area (Å²) in [5, 5.41) is 29.3. The van der Waals surface area contributed by atoms with E-state index in [0.717, 1.165) is 15.9 Å². The third-order valence-electron chi connectivity index (χ3n) is 6.33. The van der Waals surface area contributed by atoms with Gasteiger partial charge in [0.25, 0.3) is 0 Å². The first-order valence-corrected chi connectivity index (χ1v) is 12.8. The first-order chi connectivity index (χ1) is 17.1. The van der Waals surface area contributed by atoms with Crippen molar-refractivity contribution >= 4 is 39.2 Å². The van der Waals surface area contributed by atoms with Gasteiger partial charge < -0.3 is 30.5 Å². The van der Waals surface area contributed by atoms with E-state index in [0.29, 0.717) is 54.2 Å². The number of nitrogens with one attached hydrogen (secondary N) is 2. The van der Waals surface area contributed by atoms with Crippen molar-refractivity contribution in [2.45, 2.75) is 45.4 Å². The average molecular weight is 516 g/mol. The zero-order valence-electron chi connectivity index (χ0n) is 21.2. The Morgan fingerprint density at radius 3 is 2.75 bits per heavy atom. The van der Waals surface area contributed by atoms with Crippen molar-refractivity contribution in [3.8, 4) is 10.6 Å². The molecule has 0 aromatic carbocycles. The van der Waals surface area contributed by atoms with E-state index in [1.165, 1.54) is 16.2 Å². The average Bonchev–Trinajstić information content (AvgIpc) is 3.38. The molecule has 4 N–H and O–H groups in total. The van der Waals surface area contributed by atoms with Crippen LogP contribution in [0.15, 0.2) is 12.3 Å². The summed E-state index contributed by atoms with van der Waals surface area (Å²) >= 11 is 1.47. The Morgan fingerprint density at radius 1 is 1.28 bits per heavy atom. The Labute approximate surface area is 214 Å². The van der Waals surface area contributed by atoms with Crippen LogP contribution in [0, 0.1) is 19.8 Å². The first kappa shape index (κ1) is 26.1. The van der Waals surface area contributed by atoms with Crippen LogP contribution in [-0.4, -0.2) is 86.6 Å². The molecule has 1 fully saturated rings. The van der Waals surface area contributed by atoms with E-state index in [1.807, 2.05) is 26.8 Å². The first-order valence-electron chi connectivity index (χ1n) is 12.0. The van der Waals surface area contributed by atoms with Crippen LogP contribution in [0.4, 0.5) is 11.8 Å². The molecule has 1 aliphatic carbocycles. The predicted octanol–water partition coefficient (Wildman–Crippen LogP) is 2.17. The molecular weight excluding hydrogens is 482 g/mol. The fraction of sp³-hybridized carbons (Fsp3) is 0.542. The molecule has 1 saturated carbocycles. The molecule has 3 heterocycles. The highest BCUT2D eigenvalue weighted by Gasteiger charge is 2.50. The zero-order chi connectivity index (χ0) is 26.0. The van der Waals surface area contributed by atoms with E-state index in [9.17, 15) is 15.0 Å². The lowest BCUT2D eigenvalue weighted by Crippen LogP contribution is -2.50. The third kappa shape index (κ3) is 5.12. The summed E-state index contributed by atoms with van der Waals surface area (Å²) in [5.41, 5.74) is 1.12. The van der Waals surface area contributed by atoms with Crippen LogP contribution in [0.3, 0.4) is 0 Å². The summed E-state index contributed by atoms with van der Waals surface area (Å²) in [6.07, 6.45) is 0.947. The van der Waals surface area contributed by atoms with Crippen LogP contribution >= 0.6 is 11.3 Å². The van der Waals surface area contributed by atoms with E-state index < -0.39 is 17.7 Å². The van der Waals surface area contributed by atoms with E-state index in [2.05, 4.69) is 25.6 Å². The Balaban J connectivity index is 1.73. The molecule has 4 rings (SSSR count). The maximum Gasteiger partial charge on any atom is 0.227 e. The SMILES string of the molecule is CCOCCNc1nc(C)c(-c2nc3c(C)nccc3s2)c(N[C@]2(O)CC[C@H](C(=O)N(C)C)[C@H]2O)n1. The number of aromatic nitrogens is 4. The van der Waals surface area contributed by atoms with Gasteiger partial charge in [-0.2, -0.15) is 4.98 Å². The van der Waals surface area contributed by atoms with Crippen molar-refractivity contribution in [3.05, 3.63) is 23.7 Å². The standard InChI is InChI=1S/C24H33N7O4S/c1-6-35-12-11-26-23-27-13(2)17(21-28-18-14(3)25-10-8-16(18)36-21)20(29-23)30-24(34)9-7-15(19(24)32)22(33)31(4)5/h8,10,15,19,32,34H,6-7,9,11-12H2,1-5H3,(H2,26,27,29,30)/t15-,19+,24-/m0/s1. The van der Waals surface area contributed by atoms with Gasteiger partial charge in [0.05, 0.1) is 34.2 Å². The number of fused-ring (bicyclic) bond motifs is 1. The molecule has 0 bridgehead atoms. The molecule has 3 aromatic heterocycles. The van der Waals surface area contributed by atoms with Gasteiger partial charge in [-0.15, -0.1) is 11.3 Å². The van der Waals surface area contributed by atoms with Crippen LogP contribution < -0.4 is 10.6 Å². The van der Waals surface area contributed by atoms with Crippen molar-refractivity contribution in [1.29, 1.82) is 0 Å². The van der Waals surface area contributed by atoms with Crippen LogP contribution in [0.5, 0.6) is 0 Å². The molecule has 0 aliphatic heterocycles. The minimum absolute atomic E-state index is 0.177. The quantitative estimate of drug-likeness (QED) is 0.247. The second kappa shape index (κ2) is 10.6. The normalized spacial score (nSPS) is 21.6. The monoisotopic (exact) mass is 515 g/mol. The summed E-state index contributed by atoms with van der Waals surface area (Å²) in [4.78, 5) is 32.4. The Morgan fingerprint density at radius 2 is 2.06 bits per heavy atom. The van der Waals surface area contributed by atoms with Crippen molar-refractivity contribution in [2.75, 3.05) is 44.5 Å². The Hall–Kier alpha value is -2.93. The molecule has 3 aromatic rings. The van der Waals surface area contributed by atoms with Crippen molar-refractivity contribution in [2.24, 2.45) is 5.92 Å². The molecule has 0 saturated heterocycles. The number of rotatable bonds is 9. The van der Waals surface area contributed by atoms with Crippen LogP contribution in [0.1, 0.15) is 31.2 Å². The smallest absolute Gasteiger partial charge is 0.227 e. The second-order valence-corrected chi connectivity index (χ2v) is 10.1. The topological polar surface area (TPSA) is 146 Å². The number of carbonyl (C=O) groups is 1. The van der Waals surface area contributed by atoms with Gasteiger partial charge in [0, 0.05) is 33.4 Å².